The molecule has 1 N–H and O–H groups in total. The molecule has 0 atom stereocenters. The molecule has 3 aromatic rings. The van der Waals surface area contributed by atoms with E-state index in [-0.39, 0.29) is 40.2 Å². The maximum Gasteiger partial charge on any atom is 0.343 e. The Kier molecular flexibility index (Phi) is 7.37. The molecule has 32 heavy (non-hydrogen) atoms. The molecule has 7 nitrogen and oxygen atoms in total. The molecule has 0 amide bonds. The van der Waals surface area contributed by atoms with Gasteiger partial charge in [0.1, 0.15) is 17.2 Å². The van der Waals surface area contributed by atoms with Gasteiger partial charge in [0.25, 0.3) is 0 Å². The number of carbonyl (C=O) groups is 2. The molecule has 0 saturated carbocycles. The van der Waals surface area contributed by atoms with Crippen molar-refractivity contribution in [2.24, 2.45) is 0 Å². The Morgan fingerprint density at radius 3 is 2.47 bits per heavy atom. The van der Waals surface area contributed by atoms with Crippen molar-refractivity contribution >= 4 is 35.0 Å². The lowest BCUT2D eigenvalue weighted by atomic mass is 10.1. The summed E-state index contributed by atoms with van der Waals surface area (Å²) in [6.07, 6.45) is 0.143. The minimum absolute atomic E-state index is 0.0275. The van der Waals surface area contributed by atoms with Gasteiger partial charge in [-0.15, -0.1) is 0 Å². The Bertz CT molecular complexity index is 1130. The lowest BCUT2D eigenvalue weighted by molar-refractivity contribution is -0.142. The predicted octanol–water partition coefficient (Wildman–Crippen LogP) is 4.88. The van der Waals surface area contributed by atoms with Gasteiger partial charge in [-0.25, -0.2) is 19.2 Å². The summed E-state index contributed by atoms with van der Waals surface area (Å²) < 4.78 is 24.3. The van der Waals surface area contributed by atoms with Gasteiger partial charge in [-0.05, 0) is 43.7 Å². The summed E-state index contributed by atoms with van der Waals surface area (Å²) in [5.74, 6) is -1.39. The number of nitrogens with one attached hydrogen (secondary N) is 1. The Morgan fingerprint density at radius 1 is 1.12 bits per heavy atom. The number of benzene rings is 2. The number of rotatable bonds is 7. The fourth-order valence-corrected chi connectivity index (χ4v) is 3.30. The fourth-order valence-electron chi connectivity index (χ4n) is 3.05. The first-order valence-electron chi connectivity index (χ1n) is 9.77. The molecular formula is C23H21ClFN3O4. The number of nitrogens with zero attached hydrogens (tertiary/aromatic N) is 2. The van der Waals surface area contributed by atoms with E-state index < -0.39 is 11.8 Å². The highest BCUT2D eigenvalue weighted by Gasteiger charge is 2.22. The van der Waals surface area contributed by atoms with Crippen LogP contribution in [-0.2, 0) is 20.7 Å². The SMILES string of the molecule is CCOC(=O)Cc1ccc(Nc2nc(-c3c(F)cccc3Cl)nc(C)c2C(=O)OC)cc1. The molecule has 0 spiro atoms. The van der Waals surface area contributed by atoms with Crippen LogP contribution in [0.4, 0.5) is 15.9 Å². The van der Waals surface area contributed by atoms with Crippen molar-refractivity contribution in [2.75, 3.05) is 19.0 Å². The molecule has 0 radical (unpaired) electrons. The zero-order valence-electron chi connectivity index (χ0n) is 17.7. The van der Waals surface area contributed by atoms with E-state index in [0.717, 1.165) is 5.56 Å². The second-order valence-corrected chi connectivity index (χ2v) is 7.16. The molecule has 0 aliphatic carbocycles. The minimum atomic E-state index is -0.643. The zero-order chi connectivity index (χ0) is 23.3. The topological polar surface area (TPSA) is 90.4 Å². The predicted molar refractivity (Wildman–Crippen MR) is 119 cm³/mol. The second-order valence-electron chi connectivity index (χ2n) is 6.75. The van der Waals surface area contributed by atoms with Crippen molar-refractivity contribution in [3.05, 3.63) is 70.1 Å². The molecule has 1 aromatic heterocycles. The van der Waals surface area contributed by atoms with E-state index in [4.69, 9.17) is 21.1 Å². The van der Waals surface area contributed by atoms with Gasteiger partial charge in [0.2, 0.25) is 0 Å². The summed E-state index contributed by atoms with van der Waals surface area (Å²) in [4.78, 5) is 32.7. The molecule has 0 unspecified atom stereocenters. The van der Waals surface area contributed by atoms with Crippen molar-refractivity contribution in [2.45, 2.75) is 20.3 Å². The number of esters is 2. The first kappa shape index (κ1) is 23.1. The molecule has 0 aliphatic heterocycles. The van der Waals surface area contributed by atoms with Gasteiger partial charge in [-0.1, -0.05) is 29.8 Å². The van der Waals surface area contributed by atoms with Gasteiger partial charge in [-0.3, -0.25) is 4.79 Å². The van der Waals surface area contributed by atoms with Crippen LogP contribution in [0.25, 0.3) is 11.4 Å². The Morgan fingerprint density at radius 2 is 1.84 bits per heavy atom. The van der Waals surface area contributed by atoms with Gasteiger partial charge in [0.05, 0.1) is 36.4 Å². The van der Waals surface area contributed by atoms with Crippen LogP contribution < -0.4 is 5.32 Å². The van der Waals surface area contributed by atoms with Crippen LogP contribution in [0.1, 0.15) is 28.5 Å². The molecule has 9 heteroatoms. The maximum absolute atomic E-state index is 14.4. The smallest absolute Gasteiger partial charge is 0.343 e. The Hall–Kier alpha value is -3.52. The van der Waals surface area contributed by atoms with E-state index in [1.807, 2.05) is 0 Å². The van der Waals surface area contributed by atoms with E-state index in [0.29, 0.717) is 18.0 Å². The third-order valence-corrected chi connectivity index (χ3v) is 4.85. The molecular weight excluding hydrogens is 437 g/mol. The molecule has 0 saturated heterocycles. The molecule has 1 heterocycles. The van der Waals surface area contributed by atoms with Crippen molar-refractivity contribution in [1.82, 2.24) is 9.97 Å². The van der Waals surface area contributed by atoms with Crippen LogP contribution in [0.2, 0.25) is 5.02 Å². The summed E-state index contributed by atoms with van der Waals surface area (Å²) in [5.41, 5.74) is 1.79. The highest BCUT2D eigenvalue weighted by Crippen LogP contribution is 2.31. The number of halogens is 2. The van der Waals surface area contributed by atoms with E-state index in [2.05, 4.69) is 15.3 Å². The molecule has 0 fully saturated rings. The van der Waals surface area contributed by atoms with Crippen LogP contribution in [-0.4, -0.2) is 35.6 Å². The molecule has 166 valence electrons. The highest BCUT2D eigenvalue weighted by molar-refractivity contribution is 6.33. The number of aromatic nitrogens is 2. The third-order valence-electron chi connectivity index (χ3n) is 4.54. The summed E-state index contributed by atoms with van der Waals surface area (Å²) >= 11 is 6.17. The van der Waals surface area contributed by atoms with Crippen molar-refractivity contribution in [3.8, 4) is 11.4 Å². The molecule has 2 aromatic carbocycles. The standard InChI is InChI=1S/C23H21ClFN3O4/c1-4-32-18(29)12-14-8-10-15(11-9-14)27-21-19(23(30)31-3)13(2)26-22(28-21)20-16(24)6-5-7-17(20)25/h5-11H,4,12H2,1-3H3,(H,26,27,28). The normalized spacial score (nSPS) is 10.5. The maximum atomic E-state index is 14.4. The average Bonchev–Trinajstić information content (AvgIpc) is 2.74. The number of anilines is 2. The van der Waals surface area contributed by atoms with Crippen molar-refractivity contribution in [1.29, 1.82) is 0 Å². The van der Waals surface area contributed by atoms with Gasteiger partial charge >= 0.3 is 11.9 Å². The molecule has 3 rings (SSSR count). The van der Waals surface area contributed by atoms with Crippen molar-refractivity contribution < 1.29 is 23.5 Å². The lowest BCUT2D eigenvalue weighted by Crippen LogP contribution is -2.13. The van der Waals surface area contributed by atoms with Crippen LogP contribution in [0.15, 0.2) is 42.5 Å². The van der Waals surface area contributed by atoms with E-state index in [9.17, 15) is 14.0 Å². The lowest BCUT2D eigenvalue weighted by Gasteiger charge is -2.15. The van der Waals surface area contributed by atoms with Crippen LogP contribution in [0.5, 0.6) is 0 Å². The average molecular weight is 458 g/mol. The first-order chi connectivity index (χ1) is 15.3. The summed E-state index contributed by atoms with van der Waals surface area (Å²) in [6, 6.07) is 11.2. The van der Waals surface area contributed by atoms with Gasteiger partial charge in [0.15, 0.2) is 5.82 Å². The quantitative estimate of drug-likeness (QED) is 0.505. The number of ether oxygens (including phenoxy) is 2. The summed E-state index contributed by atoms with van der Waals surface area (Å²) in [5, 5.41) is 3.19. The van der Waals surface area contributed by atoms with Gasteiger partial charge in [-0.2, -0.15) is 0 Å². The van der Waals surface area contributed by atoms with E-state index in [1.165, 1.54) is 25.3 Å². The monoisotopic (exact) mass is 457 g/mol. The molecule has 0 aliphatic rings. The van der Waals surface area contributed by atoms with E-state index >= 15 is 0 Å². The van der Waals surface area contributed by atoms with E-state index in [1.54, 1.807) is 38.1 Å². The largest absolute Gasteiger partial charge is 0.466 e. The number of aryl methyl sites for hydroxylation is 1. The second kappa shape index (κ2) is 10.2. The van der Waals surface area contributed by atoms with Crippen molar-refractivity contribution in [3.63, 3.8) is 0 Å². The zero-order valence-corrected chi connectivity index (χ0v) is 18.5. The third kappa shape index (κ3) is 5.20. The minimum Gasteiger partial charge on any atom is -0.466 e. The van der Waals surface area contributed by atoms with Crippen LogP contribution >= 0.6 is 11.6 Å². The Labute approximate surface area is 189 Å². The van der Waals surface area contributed by atoms with Gasteiger partial charge in [0, 0.05) is 5.69 Å². The number of hydrogen-bond donors (Lipinski definition) is 1. The van der Waals surface area contributed by atoms with Crippen LogP contribution in [0.3, 0.4) is 0 Å². The Balaban J connectivity index is 1.99. The van der Waals surface area contributed by atoms with Crippen LogP contribution in [0, 0.1) is 12.7 Å². The summed E-state index contributed by atoms with van der Waals surface area (Å²) in [6.45, 7) is 3.66. The van der Waals surface area contributed by atoms with Gasteiger partial charge < -0.3 is 14.8 Å². The summed E-state index contributed by atoms with van der Waals surface area (Å²) in [7, 11) is 1.25. The molecule has 0 bridgehead atoms. The number of hydrogen-bond acceptors (Lipinski definition) is 7. The first-order valence-corrected chi connectivity index (χ1v) is 10.1. The fraction of sp³-hybridized carbons (Fsp3) is 0.217. The number of methoxy groups -OCH3 is 1. The number of carbonyl (C=O) groups excluding carboxylic acids is 2. The highest BCUT2D eigenvalue weighted by atomic mass is 35.5.